The van der Waals surface area contributed by atoms with Crippen LogP contribution in [0.2, 0.25) is 0 Å². The second-order valence-corrected chi connectivity index (χ2v) is 7.12. The summed E-state index contributed by atoms with van der Waals surface area (Å²) in [6.07, 6.45) is 4.81. The maximum Gasteiger partial charge on any atom is 0.306 e. The third-order valence-corrected chi connectivity index (χ3v) is 5.26. The van der Waals surface area contributed by atoms with E-state index in [1.54, 1.807) is 18.4 Å². The molecule has 27 heavy (non-hydrogen) atoms. The van der Waals surface area contributed by atoms with Gasteiger partial charge in [-0.15, -0.1) is 0 Å². The molecule has 1 fully saturated rings. The number of benzene rings is 2. The van der Waals surface area contributed by atoms with Gasteiger partial charge in [-0.1, -0.05) is 36.4 Å². The van der Waals surface area contributed by atoms with Crippen LogP contribution in [0.15, 0.2) is 59.2 Å². The molecule has 1 aliphatic rings. The summed E-state index contributed by atoms with van der Waals surface area (Å²) >= 11 is 0. The number of rotatable bonds is 6. The Morgan fingerprint density at radius 3 is 2.26 bits per heavy atom. The van der Waals surface area contributed by atoms with Gasteiger partial charge in [-0.3, -0.25) is 4.79 Å². The highest BCUT2D eigenvalue weighted by atomic mass is 19.1. The second-order valence-electron chi connectivity index (χ2n) is 7.12. The molecule has 0 radical (unpaired) electrons. The maximum absolute atomic E-state index is 13.0. The molecule has 0 spiro atoms. The average molecular weight is 365 g/mol. The molecule has 4 nitrogen and oxygen atoms in total. The summed E-state index contributed by atoms with van der Waals surface area (Å²) in [7, 11) is 0. The molecular formula is C22H20FNO3. The molecular weight excluding hydrogens is 345 g/mol. The maximum atomic E-state index is 13.0. The number of aryl methyl sites for hydroxylation is 1. The molecule has 0 atom stereocenters. The molecule has 0 amide bonds. The minimum Gasteiger partial charge on any atom is -0.481 e. The van der Waals surface area contributed by atoms with Crippen molar-refractivity contribution in [3.8, 4) is 22.4 Å². The summed E-state index contributed by atoms with van der Waals surface area (Å²) in [5.74, 6) is 0.0391. The molecule has 3 aromatic rings. The van der Waals surface area contributed by atoms with E-state index in [1.165, 1.54) is 12.1 Å². The van der Waals surface area contributed by atoms with Crippen LogP contribution >= 0.6 is 0 Å². The second kappa shape index (κ2) is 7.35. The van der Waals surface area contributed by atoms with Gasteiger partial charge in [0.2, 0.25) is 0 Å². The first-order chi connectivity index (χ1) is 13.1. The number of carboxylic acids is 1. The highest BCUT2D eigenvalue weighted by Crippen LogP contribution is 2.37. The van der Waals surface area contributed by atoms with Gasteiger partial charge in [-0.25, -0.2) is 9.37 Å². The van der Waals surface area contributed by atoms with Gasteiger partial charge in [0.15, 0.2) is 5.89 Å². The zero-order chi connectivity index (χ0) is 18.8. The van der Waals surface area contributed by atoms with Crippen LogP contribution < -0.4 is 0 Å². The van der Waals surface area contributed by atoms with Crippen LogP contribution in [-0.2, 0) is 11.2 Å². The van der Waals surface area contributed by atoms with Gasteiger partial charge in [-0.05, 0) is 48.4 Å². The van der Waals surface area contributed by atoms with E-state index in [0.717, 1.165) is 48.1 Å². The Morgan fingerprint density at radius 2 is 1.63 bits per heavy atom. The van der Waals surface area contributed by atoms with Gasteiger partial charge in [0.05, 0.1) is 5.92 Å². The van der Waals surface area contributed by atoms with Crippen molar-refractivity contribution < 1.29 is 18.7 Å². The fourth-order valence-corrected chi connectivity index (χ4v) is 3.53. The summed E-state index contributed by atoms with van der Waals surface area (Å²) in [4.78, 5) is 15.4. The molecule has 4 rings (SSSR count). The van der Waals surface area contributed by atoms with Crippen molar-refractivity contribution in [1.82, 2.24) is 4.98 Å². The Kier molecular flexibility index (Phi) is 4.75. The van der Waals surface area contributed by atoms with E-state index in [-0.39, 0.29) is 11.7 Å². The minimum absolute atomic E-state index is 0.172. The van der Waals surface area contributed by atoms with Crippen LogP contribution in [0.5, 0.6) is 0 Å². The first kappa shape index (κ1) is 17.5. The third kappa shape index (κ3) is 3.92. The van der Waals surface area contributed by atoms with Crippen molar-refractivity contribution in [2.24, 2.45) is 11.8 Å². The molecule has 0 unspecified atom stereocenters. The SMILES string of the molecule is O=C(O)C1CC(CCc2nc(-c3ccc(-c4ccc(F)cc4)cc3)co2)C1. The standard InChI is InChI=1S/C22H20FNO3/c23-19-8-6-16(7-9-19)15-2-4-17(5-3-15)20-13-27-21(24-20)10-1-14-11-18(12-14)22(25)26/h2-9,13-14,18H,1,10-12H2,(H,25,26). The van der Waals surface area contributed by atoms with E-state index < -0.39 is 5.97 Å². The Bertz CT molecular complexity index is 925. The van der Waals surface area contributed by atoms with Gasteiger partial charge in [-0.2, -0.15) is 0 Å². The van der Waals surface area contributed by atoms with Gasteiger partial charge in [0.25, 0.3) is 0 Å². The number of nitrogens with zero attached hydrogens (tertiary/aromatic N) is 1. The van der Waals surface area contributed by atoms with E-state index >= 15 is 0 Å². The summed E-state index contributed by atoms with van der Waals surface area (Å²) < 4.78 is 18.6. The Balaban J connectivity index is 1.37. The van der Waals surface area contributed by atoms with Gasteiger partial charge in [0, 0.05) is 12.0 Å². The van der Waals surface area contributed by atoms with Crippen LogP contribution in [0, 0.1) is 17.7 Å². The van der Waals surface area contributed by atoms with Crippen molar-refractivity contribution in [3.63, 3.8) is 0 Å². The monoisotopic (exact) mass is 365 g/mol. The van der Waals surface area contributed by atoms with Crippen LogP contribution in [0.25, 0.3) is 22.4 Å². The molecule has 0 bridgehead atoms. The van der Waals surface area contributed by atoms with Gasteiger partial charge in [0.1, 0.15) is 17.8 Å². The number of hydrogen-bond donors (Lipinski definition) is 1. The molecule has 0 saturated heterocycles. The lowest BCUT2D eigenvalue weighted by atomic mass is 9.73. The number of halogens is 1. The summed E-state index contributed by atoms with van der Waals surface area (Å²) in [5, 5.41) is 8.92. The first-order valence-electron chi connectivity index (χ1n) is 9.12. The lowest BCUT2D eigenvalue weighted by Gasteiger charge is -2.31. The normalized spacial score (nSPS) is 18.9. The molecule has 1 aromatic heterocycles. The zero-order valence-electron chi connectivity index (χ0n) is 14.8. The summed E-state index contributed by atoms with van der Waals surface area (Å²) in [5.41, 5.74) is 3.72. The first-order valence-corrected chi connectivity index (χ1v) is 9.12. The van der Waals surface area contributed by atoms with Crippen LogP contribution in [0.3, 0.4) is 0 Å². The van der Waals surface area contributed by atoms with Crippen molar-refractivity contribution in [1.29, 1.82) is 0 Å². The summed E-state index contributed by atoms with van der Waals surface area (Å²) in [6.45, 7) is 0. The average Bonchev–Trinajstić information content (AvgIpc) is 3.10. The van der Waals surface area contributed by atoms with Crippen LogP contribution in [0.4, 0.5) is 4.39 Å². The fraction of sp³-hybridized carbons (Fsp3) is 0.273. The fourth-order valence-electron chi connectivity index (χ4n) is 3.53. The van der Waals surface area contributed by atoms with E-state index in [9.17, 15) is 9.18 Å². The molecule has 138 valence electrons. The largest absolute Gasteiger partial charge is 0.481 e. The van der Waals surface area contributed by atoms with Gasteiger partial charge < -0.3 is 9.52 Å². The van der Waals surface area contributed by atoms with Crippen molar-refractivity contribution >= 4 is 5.97 Å². The quantitative estimate of drug-likeness (QED) is 0.653. The van der Waals surface area contributed by atoms with E-state index in [4.69, 9.17) is 9.52 Å². The molecule has 2 aromatic carbocycles. The number of aliphatic carboxylic acids is 1. The number of hydrogen-bond acceptors (Lipinski definition) is 3. The predicted molar refractivity (Wildman–Crippen MR) is 99.5 cm³/mol. The lowest BCUT2D eigenvalue weighted by molar-refractivity contribution is -0.146. The number of oxazole rings is 1. The predicted octanol–water partition coefficient (Wildman–Crippen LogP) is 5.19. The lowest BCUT2D eigenvalue weighted by Crippen LogP contribution is -2.30. The Morgan fingerprint density at radius 1 is 1.04 bits per heavy atom. The molecule has 1 saturated carbocycles. The molecule has 5 heteroatoms. The smallest absolute Gasteiger partial charge is 0.306 e. The molecule has 1 aliphatic carbocycles. The van der Waals surface area contributed by atoms with Crippen LogP contribution in [0.1, 0.15) is 25.2 Å². The summed E-state index contributed by atoms with van der Waals surface area (Å²) in [6, 6.07) is 14.3. The van der Waals surface area contributed by atoms with Crippen molar-refractivity contribution in [2.45, 2.75) is 25.7 Å². The van der Waals surface area contributed by atoms with Crippen molar-refractivity contribution in [2.75, 3.05) is 0 Å². The third-order valence-electron chi connectivity index (χ3n) is 5.26. The number of aromatic nitrogens is 1. The van der Waals surface area contributed by atoms with E-state index in [2.05, 4.69) is 4.98 Å². The minimum atomic E-state index is -0.686. The molecule has 1 N–H and O–H groups in total. The topological polar surface area (TPSA) is 63.3 Å². The Hall–Kier alpha value is -2.95. The van der Waals surface area contributed by atoms with Crippen LogP contribution in [-0.4, -0.2) is 16.1 Å². The molecule has 1 heterocycles. The highest BCUT2D eigenvalue weighted by Gasteiger charge is 2.34. The number of carbonyl (C=O) groups is 1. The zero-order valence-corrected chi connectivity index (χ0v) is 14.8. The van der Waals surface area contributed by atoms with Gasteiger partial charge >= 0.3 is 5.97 Å². The van der Waals surface area contributed by atoms with E-state index in [0.29, 0.717) is 11.8 Å². The number of carboxylic acid groups (broad SMARTS) is 1. The van der Waals surface area contributed by atoms with E-state index in [1.807, 2.05) is 24.3 Å². The van der Waals surface area contributed by atoms with Crippen molar-refractivity contribution in [3.05, 3.63) is 66.5 Å². The molecule has 0 aliphatic heterocycles. The Labute approximate surface area is 156 Å². The highest BCUT2D eigenvalue weighted by molar-refractivity contribution is 5.71.